The van der Waals surface area contributed by atoms with Crippen LogP contribution in [0.25, 0.3) is 0 Å². The number of rotatable bonds is 2. The summed E-state index contributed by atoms with van der Waals surface area (Å²) in [4.78, 5) is 0. The summed E-state index contributed by atoms with van der Waals surface area (Å²) in [7, 11) is 4.76. The number of hydrogen-bond acceptors (Lipinski definition) is 0. The summed E-state index contributed by atoms with van der Waals surface area (Å²) in [6.45, 7) is 9.12. The number of aromatic nitrogens is 1. The predicted molar refractivity (Wildman–Crippen MR) is 49.7 cm³/mol. The fraction of sp³-hybridized carbons (Fsp3) is 0.444. The van der Waals surface area contributed by atoms with Gasteiger partial charge in [-0.25, -0.2) is 0 Å². The molecule has 0 fully saturated rings. The zero-order chi connectivity index (χ0) is 9.56. The van der Waals surface area contributed by atoms with Crippen molar-refractivity contribution in [3.05, 3.63) is 30.4 Å². The molecule has 0 saturated heterocycles. The van der Waals surface area contributed by atoms with Crippen LogP contribution in [-0.4, -0.2) is 4.57 Å². The molecule has 0 spiro atoms. The Kier molecular flexibility index (Phi) is 6.79. The van der Waals surface area contributed by atoms with Crippen molar-refractivity contribution in [2.75, 3.05) is 0 Å². The molecule has 0 saturated carbocycles. The van der Waals surface area contributed by atoms with E-state index >= 15 is 0 Å². The van der Waals surface area contributed by atoms with E-state index < -0.39 is 0 Å². The first-order valence-electron chi connectivity index (χ1n) is 3.94. The third kappa shape index (κ3) is 3.29. The molecular formula is C9H14ClNZn. The second-order valence-electron chi connectivity index (χ2n) is 2.62. The van der Waals surface area contributed by atoms with E-state index in [1.54, 1.807) is 0 Å². The molecule has 1 aromatic rings. The van der Waals surface area contributed by atoms with Crippen molar-refractivity contribution >= 4 is 9.69 Å². The van der Waals surface area contributed by atoms with E-state index in [-0.39, 0.29) is 0 Å². The monoisotopic (exact) mass is 235 g/mol. The van der Waals surface area contributed by atoms with Crippen LogP contribution in [0.5, 0.6) is 0 Å². The van der Waals surface area contributed by atoms with Crippen molar-refractivity contribution in [3.63, 3.8) is 0 Å². The normalized spacial score (nSPS) is 9.17. The minimum absolute atomic E-state index is 0.847. The van der Waals surface area contributed by atoms with Crippen molar-refractivity contribution < 1.29 is 17.3 Å². The summed E-state index contributed by atoms with van der Waals surface area (Å²) < 4.78 is 2.28. The Labute approximate surface area is 88.8 Å². The van der Waals surface area contributed by atoms with E-state index in [2.05, 4.69) is 37.5 Å². The van der Waals surface area contributed by atoms with Gasteiger partial charge in [-0.1, -0.05) is 0 Å². The van der Waals surface area contributed by atoms with E-state index in [0.717, 1.165) is 30.3 Å². The van der Waals surface area contributed by atoms with Crippen LogP contribution < -0.4 is 0 Å². The third-order valence-corrected chi connectivity index (χ3v) is 1.80. The minimum atomic E-state index is 0.847. The van der Waals surface area contributed by atoms with E-state index in [1.807, 2.05) is 0 Å². The zero-order valence-corrected chi connectivity index (χ0v) is 11.5. The van der Waals surface area contributed by atoms with Crippen molar-refractivity contribution in [1.29, 1.82) is 0 Å². The average Bonchev–Trinajstić information content (AvgIpc) is 2.40. The maximum absolute atomic E-state index is 4.76. The first-order valence-corrected chi connectivity index (χ1v) is 7.84. The molecule has 3 heteroatoms. The van der Waals surface area contributed by atoms with Gasteiger partial charge in [0, 0.05) is 11.4 Å². The van der Waals surface area contributed by atoms with Crippen LogP contribution >= 0.6 is 9.69 Å². The Hall–Kier alpha value is 0.193. The molecule has 0 unspecified atom stereocenters. The van der Waals surface area contributed by atoms with Gasteiger partial charge < -0.3 is 11.5 Å². The van der Waals surface area contributed by atoms with Gasteiger partial charge in [0.05, 0.1) is 0 Å². The summed E-state index contributed by atoms with van der Waals surface area (Å²) in [6.07, 6.45) is 0.969. The first kappa shape index (κ1) is 12.2. The van der Waals surface area contributed by atoms with Crippen LogP contribution in [0.3, 0.4) is 0 Å². The Morgan fingerprint density at radius 1 is 1.33 bits per heavy atom. The fourth-order valence-corrected chi connectivity index (χ4v) is 1.21. The molecule has 1 heterocycles. The Bertz CT molecular complexity index is 201. The summed E-state index contributed by atoms with van der Waals surface area (Å²) >= 11 is 0.847. The van der Waals surface area contributed by atoms with Gasteiger partial charge >= 0.3 is 27.0 Å². The predicted octanol–water partition coefficient (Wildman–Crippen LogP) is 3.02. The second kappa shape index (κ2) is 6.68. The van der Waals surface area contributed by atoms with Crippen LogP contribution in [0.4, 0.5) is 0 Å². The number of nitrogens with zero attached hydrogens (tertiary/aromatic N) is 1. The van der Waals surface area contributed by atoms with Crippen molar-refractivity contribution in [1.82, 2.24) is 4.57 Å². The van der Waals surface area contributed by atoms with Crippen LogP contribution in [0.1, 0.15) is 17.8 Å². The summed E-state index contributed by atoms with van der Waals surface area (Å²) in [6, 6.07) is 4.29. The summed E-state index contributed by atoms with van der Waals surface area (Å²) in [5, 5.41) is 0. The van der Waals surface area contributed by atoms with Crippen molar-refractivity contribution in [2.45, 2.75) is 26.8 Å². The van der Waals surface area contributed by atoms with E-state index in [1.165, 1.54) is 11.4 Å². The molecule has 1 aromatic heterocycles. The molecule has 0 amide bonds. The first-order chi connectivity index (χ1) is 5.75. The molecule has 64 valence electrons. The second-order valence-corrected chi connectivity index (χ2v) is 2.62. The molecule has 1 rings (SSSR count). The molecular weight excluding hydrogens is 223 g/mol. The van der Waals surface area contributed by atoms with Crippen LogP contribution in [0.15, 0.2) is 12.1 Å². The average molecular weight is 237 g/mol. The molecule has 0 atom stereocenters. The van der Waals surface area contributed by atoms with E-state index in [4.69, 9.17) is 9.69 Å². The van der Waals surface area contributed by atoms with Gasteiger partial charge in [0.2, 0.25) is 0 Å². The third-order valence-electron chi connectivity index (χ3n) is 1.80. The van der Waals surface area contributed by atoms with Gasteiger partial charge in [-0.3, -0.25) is 0 Å². The van der Waals surface area contributed by atoms with Gasteiger partial charge in [0.15, 0.2) is 0 Å². The zero-order valence-electron chi connectivity index (χ0n) is 7.81. The van der Waals surface area contributed by atoms with E-state index in [9.17, 15) is 0 Å². The van der Waals surface area contributed by atoms with Crippen molar-refractivity contribution in [3.8, 4) is 0 Å². The molecule has 0 N–H and O–H groups in total. The molecule has 12 heavy (non-hydrogen) atoms. The van der Waals surface area contributed by atoms with Gasteiger partial charge in [-0.15, -0.1) is 0 Å². The molecule has 1 nitrogen and oxygen atoms in total. The van der Waals surface area contributed by atoms with Gasteiger partial charge in [-0.2, -0.15) is 6.42 Å². The SMILES string of the molecule is [CH2-]CCn1c(C)ccc1C.[Cl][Zn+]. The summed E-state index contributed by atoms with van der Waals surface area (Å²) in [5.74, 6) is 0. The van der Waals surface area contributed by atoms with Crippen LogP contribution in [0, 0.1) is 20.8 Å². The van der Waals surface area contributed by atoms with Gasteiger partial charge in [-0.05, 0) is 32.5 Å². The topological polar surface area (TPSA) is 4.93 Å². The Morgan fingerprint density at radius 2 is 1.75 bits per heavy atom. The molecule has 0 bridgehead atoms. The maximum atomic E-state index is 4.76. The van der Waals surface area contributed by atoms with Crippen LogP contribution in [-0.2, 0) is 23.9 Å². The van der Waals surface area contributed by atoms with Gasteiger partial charge in [0.25, 0.3) is 0 Å². The molecule has 0 aliphatic carbocycles. The standard InChI is InChI=1S/C9H14N.ClH.Zn/c1-4-7-10-8(2)5-6-9(10)3;;/h5-6H,1,4,7H2,2-3H3;1H;/q-1;;+2/p-1. The molecule has 0 aliphatic heterocycles. The quantitative estimate of drug-likeness (QED) is 0.550. The molecule has 0 aromatic carbocycles. The van der Waals surface area contributed by atoms with Crippen LogP contribution in [0.2, 0.25) is 0 Å². The number of hydrogen-bond donors (Lipinski definition) is 0. The fourth-order valence-electron chi connectivity index (χ4n) is 1.21. The number of aryl methyl sites for hydroxylation is 2. The van der Waals surface area contributed by atoms with Gasteiger partial charge in [0.1, 0.15) is 0 Å². The molecule has 0 radical (unpaired) electrons. The van der Waals surface area contributed by atoms with E-state index in [0.29, 0.717) is 0 Å². The Morgan fingerprint density at radius 3 is 2.08 bits per heavy atom. The summed E-state index contributed by atoms with van der Waals surface area (Å²) in [5.41, 5.74) is 2.67. The number of halogens is 1. The Balaban J connectivity index is 0.000000561. The van der Waals surface area contributed by atoms with Crippen molar-refractivity contribution in [2.24, 2.45) is 0 Å². The molecule has 0 aliphatic rings.